The van der Waals surface area contributed by atoms with E-state index < -0.39 is 10.3 Å². The maximum atomic E-state index is 12.0. The Labute approximate surface area is 157 Å². The van der Waals surface area contributed by atoms with Crippen molar-refractivity contribution in [3.8, 4) is 0 Å². The monoisotopic (exact) mass is 384 g/mol. The van der Waals surface area contributed by atoms with Gasteiger partial charge < -0.3 is 15.1 Å². The second kappa shape index (κ2) is 7.53. The van der Waals surface area contributed by atoms with Crippen LogP contribution in [0.15, 0.2) is 18.2 Å². The second-order valence-electron chi connectivity index (χ2n) is 6.85. The molecule has 0 aliphatic carbocycles. The molecule has 0 unspecified atom stereocenters. The summed E-state index contributed by atoms with van der Waals surface area (Å²) in [4.78, 5) is 26.6. The third-order valence-corrected chi connectivity index (χ3v) is 4.61. The summed E-state index contributed by atoms with van der Waals surface area (Å²) in [6.45, 7) is 7.60. The molecule has 2 rings (SSSR count). The third-order valence-electron chi connectivity index (χ3n) is 3.95. The molecule has 1 aromatic rings. The SMILES string of the molecule is CC(C)(C)C(=O)NC(=S)N1CCN(c2c(Cl)cccc2[N+](=O)[O-])CC1. The highest BCUT2D eigenvalue weighted by molar-refractivity contribution is 7.80. The van der Waals surface area contributed by atoms with Crippen molar-refractivity contribution >= 4 is 46.2 Å². The molecule has 25 heavy (non-hydrogen) atoms. The predicted molar refractivity (Wildman–Crippen MR) is 102 cm³/mol. The van der Waals surface area contributed by atoms with E-state index in [1.54, 1.807) is 12.1 Å². The number of nitro groups is 1. The highest BCUT2D eigenvalue weighted by Crippen LogP contribution is 2.35. The molecule has 0 spiro atoms. The minimum absolute atomic E-state index is 0.00966. The number of piperazine rings is 1. The number of carbonyl (C=O) groups is 1. The summed E-state index contributed by atoms with van der Waals surface area (Å²) in [5.41, 5.74) is -0.104. The fourth-order valence-corrected chi connectivity index (χ4v) is 3.03. The number of thiocarbonyl (C=S) groups is 1. The first-order valence-corrected chi connectivity index (χ1v) is 8.68. The van der Waals surface area contributed by atoms with Crippen LogP contribution in [-0.2, 0) is 4.79 Å². The average Bonchev–Trinajstić information content (AvgIpc) is 2.53. The zero-order chi connectivity index (χ0) is 18.8. The van der Waals surface area contributed by atoms with E-state index in [2.05, 4.69) is 5.32 Å². The molecule has 0 aromatic heterocycles. The Kier molecular flexibility index (Phi) is 5.84. The van der Waals surface area contributed by atoms with E-state index in [-0.39, 0.29) is 11.6 Å². The number of amides is 1. The van der Waals surface area contributed by atoms with Crippen molar-refractivity contribution in [2.45, 2.75) is 20.8 Å². The van der Waals surface area contributed by atoms with Crippen LogP contribution in [0.1, 0.15) is 20.8 Å². The van der Waals surface area contributed by atoms with Gasteiger partial charge in [-0.25, -0.2) is 0 Å². The van der Waals surface area contributed by atoms with Crippen molar-refractivity contribution in [1.29, 1.82) is 0 Å². The second-order valence-corrected chi connectivity index (χ2v) is 7.64. The summed E-state index contributed by atoms with van der Waals surface area (Å²) < 4.78 is 0. The zero-order valence-corrected chi connectivity index (χ0v) is 16.0. The number of para-hydroxylation sites is 1. The number of nitro benzene ring substituents is 1. The van der Waals surface area contributed by atoms with Gasteiger partial charge in [-0.2, -0.15) is 0 Å². The van der Waals surface area contributed by atoms with E-state index >= 15 is 0 Å². The van der Waals surface area contributed by atoms with Crippen LogP contribution >= 0.6 is 23.8 Å². The Balaban J connectivity index is 2.04. The Hall–Kier alpha value is -1.93. The largest absolute Gasteiger partial charge is 0.361 e. The number of hydrogen-bond acceptors (Lipinski definition) is 5. The molecule has 7 nitrogen and oxygen atoms in total. The molecular weight excluding hydrogens is 364 g/mol. The standard InChI is InChI=1S/C16H21ClN4O3S/c1-16(2,3)14(22)18-15(25)20-9-7-19(8-10-20)13-11(17)5-4-6-12(13)21(23)24/h4-6H,7-10H2,1-3H3,(H,18,22,25). The van der Waals surface area contributed by atoms with Gasteiger partial charge in [-0.3, -0.25) is 14.9 Å². The highest BCUT2D eigenvalue weighted by Gasteiger charge is 2.28. The van der Waals surface area contributed by atoms with E-state index in [1.807, 2.05) is 30.6 Å². The fraction of sp³-hybridized carbons (Fsp3) is 0.500. The number of hydrogen-bond donors (Lipinski definition) is 1. The van der Waals surface area contributed by atoms with Gasteiger partial charge in [-0.15, -0.1) is 0 Å². The highest BCUT2D eigenvalue weighted by atomic mass is 35.5. The van der Waals surface area contributed by atoms with Crippen LogP contribution in [0.25, 0.3) is 0 Å². The molecule has 1 saturated heterocycles. The molecule has 0 radical (unpaired) electrons. The fourth-order valence-electron chi connectivity index (χ4n) is 2.46. The summed E-state index contributed by atoms with van der Waals surface area (Å²) in [6, 6.07) is 4.66. The van der Waals surface area contributed by atoms with Crippen molar-refractivity contribution in [1.82, 2.24) is 10.2 Å². The van der Waals surface area contributed by atoms with Crippen LogP contribution in [0.3, 0.4) is 0 Å². The summed E-state index contributed by atoms with van der Waals surface area (Å²) in [6.07, 6.45) is 0. The van der Waals surface area contributed by atoms with E-state index in [4.69, 9.17) is 23.8 Å². The lowest BCUT2D eigenvalue weighted by Gasteiger charge is -2.37. The minimum atomic E-state index is -0.524. The van der Waals surface area contributed by atoms with Gasteiger partial charge >= 0.3 is 0 Å². The van der Waals surface area contributed by atoms with Crippen LogP contribution in [0, 0.1) is 15.5 Å². The molecule has 0 saturated carbocycles. The Morgan fingerprint density at radius 3 is 2.40 bits per heavy atom. The number of rotatable bonds is 2. The Bertz CT molecular complexity index is 697. The van der Waals surface area contributed by atoms with Crippen molar-refractivity contribution < 1.29 is 9.72 Å². The van der Waals surface area contributed by atoms with Gasteiger partial charge in [0, 0.05) is 37.7 Å². The van der Waals surface area contributed by atoms with E-state index in [0.29, 0.717) is 42.0 Å². The van der Waals surface area contributed by atoms with Gasteiger partial charge in [-0.05, 0) is 18.3 Å². The lowest BCUT2D eigenvalue weighted by molar-refractivity contribution is -0.384. The average molecular weight is 385 g/mol. The maximum absolute atomic E-state index is 12.0. The molecule has 0 atom stereocenters. The smallest absolute Gasteiger partial charge is 0.294 e. The first-order valence-electron chi connectivity index (χ1n) is 7.89. The quantitative estimate of drug-likeness (QED) is 0.480. The molecule has 0 bridgehead atoms. The molecule has 1 amide bonds. The molecule has 1 fully saturated rings. The Morgan fingerprint density at radius 2 is 1.88 bits per heavy atom. The van der Waals surface area contributed by atoms with Crippen molar-refractivity contribution in [3.63, 3.8) is 0 Å². The first-order chi connectivity index (χ1) is 11.6. The maximum Gasteiger partial charge on any atom is 0.294 e. The summed E-state index contributed by atoms with van der Waals surface area (Å²) in [7, 11) is 0. The molecule has 1 aromatic carbocycles. The normalized spacial score (nSPS) is 15.0. The summed E-state index contributed by atoms with van der Waals surface area (Å²) in [5.74, 6) is -0.137. The van der Waals surface area contributed by atoms with E-state index in [9.17, 15) is 14.9 Å². The molecule has 1 aliphatic heterocycles. The lowest BCUT2D eigenvalue weighted by atomic mass is 9.96. The molecule has 9 heteroatoms. The predicted octanol–water partition coefficient (Wildman–Crippen LogP) is 2.82. The lowest BCUT2D eigenvalue weighted by Crippen LogP contribution is -2.54. The first kappa shape index (κ1) is 19.4. The topological polar surface area (TPSA) is 78.7 Å². The van der Waals surface area contributed by atoms with E-state index in [0.717, 1.165) is 0 Å². The van der Waals surface area contributed by atoms with Crippen molar-refractivity contribution in [2.75, 3.05) is 31.1 Å². The zero-order valence-electron chi connectivity index (χ0n) is 14.4. The van der Waals surface area contributed by atoms with Crippen LogP contribution in [-0.4, -0.2) is 47.0 Å². The van der Waals surface area contributed by atoms with E-state index in [1.165, 1.54) is 6.07 Å². The number of nitrogens with one attached hydrogen (secondary N) is 1. The summed E-state index contributed by atoms with van der Waals surface area (Å²) >= 11 is 11.5. The van der Waals surface area contributed by atoms with Crippen LogP contribution in [0.5, 0.6) is 0 Å². The summed E-state index contributed by atoms with van der Waals surface area (Å²) in [5, 5.41) is 14.7. The molecular formula is C16H21ClN4O3S. The number of carbonyl (C=O) groups excluding carboxylic acids is 1. The van der Waals surface area contributed by atoms with Crippen LogP contribution in [0.4, 0.5) is 11.4 Å². The molecule has 1 aliphatic rings. The number of anilines is 1. The van der Waals surface area contributed by atoms with Gasteiger partial charge in [0.15, 0.2) is 5.11 Å². The number of benzene rings is 1. The Morgan fingerprint density at radius 1 is 1.28 bits per heavy atom. The molecule has 1 heterocycles. The van der Waals surface area contributed by atoms with Crippen LogP contribution in [0.2, 0.25) is 5.02 Å². The molecule has 136 valence electrons. The van der Waals surface area contributed by atoms with Crippen LogP contribution < -0.4 is 10.2 Å². The van der Waals surface area contributed by atoms with Crippen molar-refractivity contribution in [3.05, 3.63) is 33.3 Å². The molecule has 1 N–H and O–H groups in total. The number of halogens is 1. The van der Waals surface area contributed by atoms with Crippen molar-refractivity contribution in [2.24, 2.45) is 5.41 Å². The van der Waals surface area contributed by atoms with Gasteiger partial charge in [-0.1, -0.05) is 38.4 Å². The van der Waals surface area contributed by atoms with Gasteiger partial charge in [0.05, 0.1) is 9.95 Å². The minimum Gasteiger partial charge on any atom is -0.361 e. The van der Waals surface area contributed by atoms with Gasteiger partial charge in [0.25, 0.3) is 5.69 Å². The number of nitrogens with zero attached hydrogens (tertiary/aromatic N) is 3. The third kappa shape index (κ3) is 4.58. The van der Waals surface area contributed by atoms with Gasteiger partial charge in [0.1, 0.15) is 5.69 Å². The van der Waals surface area contributed by atoms with Gasteiger partial charge in [0.2, 0.25) is 5.91 Å².